The zero-order chi connectivity index (χ0) is 19.8. The van der Waals surface area contributed by atoms with Crippen LogP contribution in [0.15, 0.2) is 58.1 Å². The average Bonchev–Trinajstić information content (AvgIpc) is 3.00. The quantitative estimate of drug-likeness (QED) is 0.779. The Morgan fingerprint density at radius 2 is 1.96 bits per heavy atom. The van der Waals surface area contributed by atoms with Gasteiger partial charge in [-0.3, -0.25) is 4.79 Å². The lowest BCUT2D eigenvalue weighted by Gasteiger charge is -2.31. The molecule has 0 radical (unpaired) electrons. The van der Waals surface area contributed by atoms with Crippen LogP contribution in [-0.2, 0) is 5.72 Å². The zero-order valence-corrected chi connectivity index (χ0v) is 15.6. The third kappa shape index (κ3) is 3.70. The van der Waals surface area contributed by atoms with Crippen LogP contribution in [0.5, 0.6) is 5.75 Å². The van der Waals surface area contributed by atoms with E-state index in [0.29, 0.717) is 15.2 Å². The SMILES string of the molecule is COc1cccc(C(=O)N2N=C(C(F)(F)F)C[C@]2(O)c2cccc(Br)c2)c1. The number of alkyl halides is 3. The minimum atomic E-state index is -4.77. The summed E-state index contributed by atoms with van der Waals surface area (Å²) < 4.78 is 45.3. The molecule has 1 heterocycles. The second-order valence-corrected chi connectivity index (χ2v) is 6.81. The maximum atomic E-state index is 13.2. The summed E-state index contributed by atoms with van der Waals surface area (Å²) in [5.41, 5.74) is -3.36. The number of aliphatic hydroxyl groups is 1. The van der Waals surface area contributed by atoms with Gasteiger partial charge in [-0.2, -0.15) is 23.3 Å². The molecule has 1 N–H and O–H groups in total. The van der Waals surface area contributed by atoms with Gasteiger partial charge in [0.15, 0.2) is 5.72 Å². The van der Waals surface area contributed by atoms with E-state index >= 15 is 0 Å². The van der Waals surface area contributed by atoms with Gasteiger partial charge in [0.2, 0.25) is 0 Å². The fourth-order valence-electron chi connectivity index (χ4n) is 2.76. The Morgan fingerprint density at radius 3 is 2.59 bits per heavy atom. The fourth-order valence-corrected chi connectivity index (χ4v) is 3.16. The lowest BCUT2D eigenvalue weighted by Crippen LogP contribution is -2.43. The van der Waals surface area contributed by atoms with Crippen LogP contribution in [-0.4, -0.2) is 35.0 Å². The van der Waals surface area contributed by atoms with Gasteiger partial charge in [0.1, 0.15) is 11.5 Å². The topological polar surface area (TPSA) is 62.1 Å². The Kier molecular flexibility index (Phi) is 5.00. The number of carbonyl (C=O) groups excluding carboxylic acids is 1. The first-order valence-corrected chi connectivity index (χ1v) is 8.56. The molecule has 142 valence electrons. The minimum absolute atomic E-state index is 0.0370. The van der Waals surface area contributed by atoms with E-state index < -0.39 is 29.9 Å². The van der Waals surface area contributed by atoms with Gasteiger partial charge >= 0.3 is 6.18 Å². The largest absolute Gasteiger partial charge is 0.497 e. The predicted molar refractivity (Wildman–Crippen MR) is 95.3 cm³/mol. The molecule has 5 nitrogen and oxygen atoms in total. The molecular weight excluding hydrogens is 429 g/mol. The number of amides is 1. The molecule has 27 heavy (non-hydrogen) atoms. The third-order valence-corrected chi connectivity index (χ3v) is 4.60. The number of methoxy groups -OCH3 is 1. The monoisotopic (exact) mass is 442 g/mol. The molecule has 0 aliphatic carbocycles. The van der Waals surface area contributed by atoms with E-state index in [-0.39, 0.29) is 11.1 Å². The number of halogens is 4. The number of carbonyl (C=O) groups is 1. The van der Waals surface area contributed by atoms with Crippen molar-refractivity contribution in [2.24, 2.45) is 5.10 Å². The lowest BCUT2D eigenvalue weighted by atomic mass is 9.96. The minimum Gasteiger partial charge on any atom is -0.497 e. The smallest absolute Gasteiger partial charge is 0.431 e. The van der Waals surface area contributed by atoms with Crippen LogP contribution in [0.1, 0.15) is 22.3 Å². The molecule has 1 atom stereocenters. The van der Waals surface area contributed by atoms with E-state index in [9.17, 15) is 23.1 Å². The van der Waals surface area contributed by atoms with Gasteiger partial charge in [-0.1, -0.05) is 34.1 Å². The average molecular weight is 443 g/mol. The van der Waals surface area contributed by atoms with Crippen molar-refractivity contribution in [1.29, 1.82) is 0 Å². The first-order chi connectivity index (χ1) is 12.6. The highest BCUT2D eigenvalue weighted by molar-refractivity contribution is 9.10. The summed E-state index contributed by atoms with van der Waals surface area (Å²) in [6.07, 6.45) is -5.65. The predicted octanol–water partition coefficient (Wildman–Crippen LogP) is 4.07. The molecule has 0 spiro atoms. The first kappa shape index (κ1) is 19.4. The molecule has 1 amide bonds. The summed E-state index contributed by atoms with van der Waals surface area (Å²) in [5, 5.41) is 15.0. The van der Waals surface area contributed by atoms with Crippen molar-refractivity contribution in [3.8, 4) is 5.75 Å². The maximum absolute atomic E-state index is 13.2. The van der Waals surface area contributed by atoms with Crippen molar-refractivity contribution in [2.45, 2.75) is 18.3 Å². The molecule has 0 saturated heterocycles. The summed E-state index contributed by atoms with van der Waals surface area (Å²) in [4.78, 5) is 12.9. The standard InChI is InChI=1S/C18H14BrF3N2O3/c1-27-14-7-2-4-11(8-14)16(25)24-17(26,10-15(23-24)18(20,21)22)12-5-3-6-13(19)9-12/h2-9,26H,10H2,1H3/t17-/m0/s1. The molecule has 3 rings (SSSR count). The molecule has 0 fully saturated rings. The van der Waals surface area contributed by atoms with E-state index in [1.54, 1.807) is 18.2 Å². The highest BCUT2D eigenvalue weighted by Crippen LogP contribution is 2.41. The molecule has 1 aliphatic rings. The van der Waals surface area contributed by atoms with E-state index in [4.69, 9.17) is 4.74 Å². The molecule has 1 aliphatic heterocycles. The Labute approximate surface area is 161 Å². The van der Waals surface area contributed by atoms with E-state index in [0.717, 1.165) is 0 Å². The Balaban J connectivity index is 2.09. The van der Waals surface area contributed by atoms with Crippen LogP contribution >= 0.6 is 15.9 Å². The zero-order valence-electron chi connectivity index (χ0n) is 14.0. The van der Waals surface area contributed by atoms with Crippen molar-refractivity contribution >= 4 is 27.5 Å². The van der Waals surface area contributed by atoms with Crippen molar-refractivity contribution in [3.63, 3.8) is 0 Å². The third-order valence-electron chi connectivity index (χ3n) is 4.11. The summed E-state index contributed by atoms with van der Waals surface area (Å²) >= 11 is 3.22. The van der Waals surface area contributed by atoms with E-state index in [1.165, 1.54) is 37.4 Å². The molecule has 0 aromatic heterocycles. The van der Waals surface area contributed by atoms with Gasteiger partial charge in [-0.25, -0.2) is 0 Å². The van der Waals surface area contributed by atoms with Crippen LogP contribution in [0.25, 0.3) is 0 Å². The van der Waals surface area contributed by atoms with E-state index in [2.05, 4.69) is 21.0 Å². The van der Waals surface area contributed by atoms with Gasteiger partial charge in [-0.05, 0) is 30.3 Å². The Hall–Kier alpha value is -2.39. The van der Waals surface area contributed by atoms with Gasteiger partial charge in [0, 0.05) is 15.6 Å². The lowest BCUT2D eigenvalue weighted by molar-refractivity contribution is -0.0816. The second kappa shape index (κ2) is 6.97. The maximum Gasteiger partial charge on any atom is 0.431 e. The molecule has 0 saturated carbocycles. The number of hydrazone groups is 1. The summed E-state index contributed by atoms with van der Waals surface area (Å²) in [6, 6.07) is 12.0. The van der Waals surface area contributed by atoms with Crippen molar-refractivity contribution in [2.75, 3.05) is 7.11 Å². The Morgan fingerprint density at radius 1 is 1.26 bits per heavy atom. The number of hydrogen-bond donors (Lipinski definition) is 1. The van der Waals surface area contributed by atoms with Crippen molar-refractivity contribution in [1.82, 2.24) is 5.01 Å². The molecule has 0 unspecified atom stereocenters. The molecular formula is C18H14BrF3N2O3. The first-order valence-electron chi connectivity index (χ1n) is 7.77. The number of ether oxygens (including phenoxy) is 1. The molecule has 2 aromatic carbocycles. The highest BCUT2D eigenvalue weighted by atomic mass is 79.9. The van der Waals surface area contributed by atoms with Crippen LogP contribution in [0, 0.1) is 0 Å². The van der Waals surface area contributed by atoms with Crippen molar-refractivity contribution < 1.29 is 27.8 Å². The number of nitrogens with zero attached hydrogens (tertiary/aromatic N) is 2. The summed E-state index contributed by atoms with van der Waals surface area (Å²) in [7, 11) is 1.40. The normalized spacial score (nSPS) is 19.8. The van der Waals surface area contributed by atoms with Gasteiger partial charge < -0.3 is 9.84 Å². The highest BCUT2D eigenvalue weighted by Gasteiger charge is 2.53. The van der Waals surface area contributed by atoms with Crippen molar-refractivity contribution in [3.05, 3.63) is 64.1 Å². The van der Waals surface area contributed by atoms with Crippen LogP contribution in [0.3, 0.4) is 0 Å². The summed E-state index contributed by atoms with van der Waals surface area (Å²) in [5.74, 6) is -0.526. The second-order valence-electron chi connectivity index (χ2n) is 5.90. The van der Waals surface area contributed by atoms with Gasteiger partial charge in [0.05, 0.1) is 13.5 Å². The van der Waals surface area contributed by atoms with Crippen LogP contribution in [0.2, 0.25) is 0 Å². The molecule has 0 bridgehead atoms. The van der Waals surface area contributed by atoms with Crippen LogP contribution < -0.4 is 4.74 Å². The number of benzene rings is 2. The fraction of sp³-hybridized carbons (Fsp3) is 0.222. The Bertz CT molecular complexity index is 917. The van der Waals surface area contributed by atoms with Gasteiger partial charge in [0.25, 0.3) is 5.91 Å². The van der Waals surface area contributed by atoms with E-state index in [1.807, 2.05) is 0 Å². The van der Waals surface area contributed by atoms with Crippen LogP contribution in [0.4, 0.5) is 13.2 Å². The van der Waals surface area contributed by atoms with Gasteiger partial charge in [-0.15, -0.1) is 0 Å². The number of rotatable bonds is 3. The molecule has 9 heteroatoms. The number of hydrogen-bond acceptors (Lipinski definition) is 4. The summed E-state index contributed by atoms with van der Waals surface area (Å²) in [6.45, 7) is 0. The molecule has 2 aromatic rings.